The van der Waals surface area contributed by atoms with Crippen LogP contribution < -0.4 is 11.1 Å². The molecule has 0 saturated carbocycles. The molecule has 0 spiro atoms. The predicted octanol–water partition coefficient (Wildman–Crippen LogP) is 0.980. The molecule has 0 aliphatic heterocycles. The van der Waals surface area contributed by atoms with Gasteiger partial charge in [-0.1, -0.05) is 18.2 Å². The molecule has 2 rings (SSSR count). The summed E-state index contributed by atoms with van der Waals surface area (Å²) in [5.74, 6) is 0.696. The van der Waals surface area contributed by atoms with Crippen molar-refractivity contribution in [2.75, 3.05) is 11.9 Å². The first-order valence-electron chi connectivity index (χ1n) is 5.27. The summed E-state index contributed by atoms with van der Waals surface area (Å²) >= 11 is 0. The van der Waals surface area contributed by atoms with Gasteiger partial charge >= 0.3 is 0 Å². The summed E-state index contributed by atoms with van der Waals surface area (Å²) in [4.78, 5) is 15.8. The third-order valence-electron chi connectivity index (χ3n) is 2.17. The first-order valence-corrected chi connectivity index (χ1v) is 5.27. The van der Waals surface area contributed by atoms with Gasteiger partial charge < -0.3 is 5.73 Å². The number of nitrogens with two attached hydrogens (primary N) is 1. The number of nitrogens with one attached hydrogen (secondary N) is 2. The molecule has 1 heterocycles. The Bertz CT molecular complexity index is 499. The van der Waals surface area contributed by atoms with Gasteiger partial charge in [0.1, 0.15) is 5.82 Å². The van der Waals surface area contributed by atoms with Crippen LogP contribution >= 0.6 is 12.4 Å². The quantitative estimate of drug-likeness (QED) is 0.769. The fourth-order valence-corrected chi connectivity index (χ4v) is 1.36. The fraction of sp³-hybridized carbons (Fsp3) is 0.182. The van der Waals surface area contributed by atoms with E-state index in [-0.39, 0.29) is 24.3 Å². The minimum atomic E-state index is -0.233. The van der Waals surface area contributed by atoms with Gasteiger partial charge in [0.05, 0.1) is 0 Å². The SMILES string of the molecule is Cl.NCCc1nc(NC(=O)c2ccccc2)n[nH]1. The Kier molecular flexibility index (Phi) is 5.29. The van der Waals surface area contributed by atoms with Crippen molar-refractivity contribution in [3.8, 4) is 0 Å². The highest BCUT2D eigenvalue weighted by Crippen LogP contribution is 2.04. The molecule has 0 radical (unpaired) electrons. The molecule has 0 bridgehead atoms. The Morgan fingerprint density at radius 2 is 2.06 bits per heavy atom. The van der Waals surface area contributed by atoms with Crippen molar-refractivity contribution >= 4 is 24.3 Å². The highest BCUT2D eigenvalue weighted by Gasteiger charge is 2.08. The highest BCUT2D eigenvalue weighted by atomic mass is 35.5. The molecule has 0 saturated heterocycles. The van der Waals surface area contributed by atoms with Crippen LogP contribution in [0.1, 0.15) is 16.2 Å². The molecule has 1 amide bonds. The van der Waals surface area contributed by atoms with E-state index in [2.05, 4.69) is 20.5 Å². The van der Waals surface area contributed by atoms with E-state index in [0.29, 0.717) is 24.4 Å². The third kappa shape index (κ3) is 3.54. The maximum Gasteiger partial charge on any atom is 0.258 e. The van der Waals surface area contributed by atoms with E-state index >= 15 is 0 Å². The van der Waals surface area contributed by atoms with Crippen LogP contribution in [0.5, 0.6) is 0 Å². The van der Waals surface area contributed by atoms with Gasteiger partial charge in [0.15, 0.2) is 0 Å². The zero-order valence-corrected chi connectivity index (χ0v) is 10.4. The van der Waals surface area contributed by atoms with Gasteiger partial charge in [-0.2, -0.15) is 4.98 Å². The summed E-state index contributed by atoms with van der Waals surface area (Å²) in [5, 5.41) is 9.19. The second kappa shape index (κ2) is 6.73. The largest absolute Gasteiger partial charge is 0.330 e. The van der Waals surface area contributed by atoms with Crippen LogP contribution in [0, 0.1) is 0 Å². The van der Waals surface area contributed by atoms with Crippen LogP contribution in [0.15, 0.2) is 30.3 Å². The fourth-order valence-electron chi connectivity index (χ4n) is 1.36. The number of amides is 1. The third-order valence-corrected chi connectivity index (χ3v) is 2.17. The van der Waals surface area contributed by atoms with Crippen LogP contribution in [0.2, 0.25) is 0 Å². The van der Waals surface area contributed by atoms with Crippen molar-refractivity contribution in [3.05, 3.63) is 41.7 Å². The average Bonchev–Trinajstić information content (AvgIpc) is 2.78. The standard InChI is InChI=1S/C11H13N5O.ClH/c12-7-6-9-13-11(16-15-9)14-10(17)8-4-2-1-3-5-8;/h1-5H,6-7,12H2,(H2,13,14,15,16,17);1H. The van der Waals surface area contributed by atoms with Crippen LogP contribution in [0.3, 0.4) is 0 Å². The van der Waals surface area contributed by atoms with Gasteiger partial charge in [0.25, 0.3) is 5.91 Å². The van der Waals surface area contributed by atoms with E-state index in [9.17, 15) is 4.79 Å². The number of aromatic amines is 1. The summed E-state index contributed by atoms with van der Waals surface area (Å²) in [6.45, 7) is 0.487. The molecular weight excluding hydrogens is 254 g/mol. The molecule has 0 fully saturated rings. The minimum Gasteiger partial charge on any atom is -0.330 e. The van der Waals surface area contributed by atoms with E-state index in [1.165, 1.54) is 0 Å². The molecule has 96 valence electrons. The van der Waals surface area contributed by atoms with Gasteiger partial charge in [-0.05, 0) is 18.7 Å². The van der Waals surface area contributed by atoms with Crippen molar-refractivity contribution in [1.82, 2.24) is 15.2 Å². The number of carbonyl (C=O) groups is 1. The summed E-state index contributed by atoms with van der Waals surface area (Å²) in [5.41, 5.74) is 5.95. The normalized spacial score (nSPS) is 9.61. The molecule has 6 nitrogen and oxygen atoms in total. The van der Waals surface area contributed by atoms with E-state index in [1.54, 1.807) is 24.3 Å². The summed E-state index contributed by atoms with van der Waals surface area (Å²) in [6, 6.07) is 8.90. The Hall–Kier alpha value is -1.92. The lowest BCUT2D eigenvalue weighted by Crippen LogP contribution is -2.12. The van der Waals surface area contributed by atoms with Crippen molar-refractivity contribution in [1.29, 1.82) is 0 Å². The van der Waals surface area contributed by atoms with Gasteiger partial charge in [0.2, 0.25) is 5.95 Å². The number of benzene rings is 1. The lowest BCUT2D eigenvalue weighted by Gasteiger charge is -1.99. The topological polar surface area (TPSA) is 96.7 Å². The number of aromatic nitrogens is 3. The van der Waals surface area contributed by atoms with E-state index in [0.717, 1.165) is 0 Å². The van der Waals surface area contributed by atoms with Crippen LogP contribution in [-0.4, -0.2) is 27.6 Å². The number of halogens is 1. The van der Waals surface area contributed by atoms with Crippen molar-refractivity contribution in [2.45, 2.75) is 6.42 Å². The maximum absolute atomic E-state index is 11.8. The number of hydrogen-bond donors (Lipinski definition) is 3. The summed E-state index contributed by atoms with van der Waals surface area (Å²) in [6.07, 6.45) is 0.605. The molecule has 7 heteroatoms. The molecule has 0 aliphatic rings. The van der Waals surface area contributed by atoms with Gasteiger partial charge in [-0.25, -0.2) is 0 Å². The van der Waals surface area contributed by atoms with Crippen LogP contribution in [-0.2, 0) is 6.42 Å². The van der Waals surface area contributed by atoms with Gasteiger partial charge in [0, 0.05) is 12.0 Å². The number of hydrogen-bond acceptors (Lipinski definition) is 4. The van der Waals surface area contributed by atoms with Crippen LogP contribution in [0.4, 0.5) is 5.95 Å². The van der Waals surface area contributed by atoms with E-state index in [4.69, 9.17) is 5.73 Å². The number of rotatable bonds is 4. The monoisotopic (exact) mass is 267 g/mol. The van der Waals surface area contributed by atoms with Crippen molar-refractivity contribution in [3.63, 3.8) is 0 Å². The molecule has 2 aromatic rings. The zero-order chi connectivity index (χ0) is 12.1. The zero-order valence-electron chi connectivity index (χ0n) is 9.59. The molecule has 0 aliphatic carbocycles. The molecule has 0 atom stereocenters. The minimum absolute atomic E-state index is 0. The lowest BCUT2D eigenvalue weighted by atomic mass is 10.2. The molecular formula is C11H14ClN5O. The Morgan fingerprint density at radius 1 is 1.33 bits per heavy atom. The molecule has 0 unspecified atom stereocenters. The molecule has 1 aromatic carbocycles. The predicted molar refractivity (Wildman–Crippen MR) is 70.8 cm³/mol. The highest BCUT2D eigenvalue weighted by molar-refractivity contribution is 6.03. The average molecular weight is 268 g/mol. The van der Waals surface area contributed by atoms with E-state index in [1.807, 2.05) is 6.07 Å². The second-order valence-electron chi connectivity index (χ2n) is 3.46. The Balaban J connectivity index is 0.00000162. The van der Waals surface area contributed by atoms with Crippen molar-refractivity contribution in [2.24, 2.45) is 5.73 Å². The second-order valence-corrected chi connectivity index (χ2v) is 3.46. The molecule has 18 heavy (non-hydrogen) atoms. The summed E-state index contributed by atoms with van der Waals surface area (Å²) in [7, 11) is 0. The first kappa shape index (κ1) is 14.1. The maximum atomic E-state index is 11.8. The molecule has 4 N–H and O–H groups in total. The van der Waals surface area contributed by atoms with E-state index < -0.39 is 0 Å². The number of anilines is 1. The lowest BCUT2D eigenvalue weighted by molar-refractivity contribution is 0.102. The summed E-state index contributed by atoms with van der Waals surface area (Å²) < 4.78 is 0. The number of carbonyl (C=O) groups excluding carboxylic acids is 1. The smallest absolute Gasteiger partial charge is 0.258 e. The van der Waals surface area contributed by atoms with Gasteiger partial charge in [-0.15, -0.1) is 17.5 Å². The van der Waals surface area contributed by atoms with Crippen LogP contribution in [0.25, 0.3) is 0 Å². The number of nitrogens with zero attached hydrogens (tertiary/aromatic N) is 2. The van der Waals surface area contributed by atoms with Gasteiger partial charge in [-0.3, -0.25) is 15.2 Å². The van der Waals surface area contributed by atoms with Crippen molar-refractivity contribution < 1.29 is 4.79 Å². The number of H-pyrrole nitrogens is 1. The first-order chi connectivity index (χ1) is 8.29. The Morgan fingerprint density at radius 3 is 2.72 bits per heavy atom. The Labute approximate surface area is 110 Å². The molecule has 1 aromatic heterocycles.